The summed E-state index contributed by atoms with van der Waals surface area (Å²) in [5, 5.41) is 7.00. The van der Waals surface area contributed by atoms with Crippen LogP contribution in [-0.2, 0) is 6.42 Å². The van der Waals surface area contributed by atoms with Gasteiger partial charge in [0.2, 0.25) is 0 Å². The Labute approximate surface area is 118 Å². The first-order chi connectivity index (χ1) is 9.11. The predicted molar refractivity (Wildman–Crippen MR) is 76.4 cm³/mol. The molecule has 0 bridgehead atoms. The molecule has 1 aliphatic rings. The highest BCUT2D eigenvalue weighted by Gasteiger charge is 2.25. The van der Waals surface area contributed by atoms with Crippen molar-refractivity contribution in [1.29, 1.82) is 0 Å². The number of hydrogen-bond donors (Lipinski definition) is 1. The Morgan fingerprint density at radius 2 is 2.37 bits per heavy atom. The molecule has 1 atom stereocenters. The van der Waals surface area contributed by atoms with Gasteiger partial charge in [-0.2, -0.15) is 0 Å². The molecule has 19 heavy (non-hydrogen) atoms. The van der Waals surface area contributed by atoms with Gasteiger partial charge in [0.25, 0.3) is 5.91 Å². The van der Waals surface area contributed by atoms with Crippen molar-refractivity contribution in [3.63, 3.8) is 0 Å². The lowest BCUT2D eigenvalue weighted by Crippen LogP contribution is -2.33. The van der Waals surface area contributed by atoms with Gasteiger partial charge in [0.15, 0.2) is 0 Å². The molecule has 0 radical (unpaired) electrons. The zero-order valence-corrected chi connectivity index (χ0v) is 12.7. The van der Waals surface area contributed by atoms with Gasteiger partial charge in [0.1, 0.15) is 4.88 Å². The third-order valence-electron chi connectivity index (χ3n) is 3.70. The lowest BCUT2D eigenvalue weighted by molar-refractivity contribution is 0.0950. The maximum absolute atomic E-state index is 12.1. The first-order valence-electron chi connectivity index (χ1n) is 6.95. The predicted octanol–water partition coefficient (Wildman–Crippen LogP) is 1.56. The summed E-state index contributed by atoms with van der Waals surface area (Å²) in [5.41, 5.74) is 0.803. The molecule has 2 rings (SSSR count). The summed E-state index contributed by atoms with van der Waals surface area (Å²) in [5.74, 6) is 0.548. The maximum atomic E-state index is 12.1. The van der Waals surface area contributed by atoms with Crippen LogP contribution in [0.2, 0.25) is 0 Å². The monoisotopic (exact) mass is 282 g/mol. The Morgan fingerprint density at radius 3 is 3.00 bits per heavy atom. The molecule has 6 heteroatoms. The zero-order chi connectivity index (χ0) is 13.8. The number of likely N-dealkylation sites (tertiary alicyclic amines) is 1. The molecule has 0 unspecified atom stereocenters. The van der Waals surface area contributed by atoms with Gasteiger partial charge >= 0.3 is 0 Å². The van der Waals surface area contributed by atoms with E-state index < -0.39 is 0 Å². The summed E-state index contributed by atoms with van der Waals surface area (Å²) in [4.78, 5) is 15.2. The second-order valence-electron chi connectivity index (χ2n) is 5.36. The number of aromatic nitrogens is 2. The fourth-order valence-electron chi connectivity index (χ4n) is 2.43. The van der Waals surface area contributed by atoms with E-state index in [9.17, 15) is 4.79 Å². The smallest absolute Gasteiger partial charge is 0.264 e. The molecule has 1 amide bonds. The van der Waals surface area contributed by atoms with Gasteiger partial charge < -0.3 is 10.2 Å². The highest BCUT2D eigenvalue weighted by atomic mass is 32.1. The van der Waals surface area contributed by atoms with E-state index in [0.29, 0.717) is 16.8 Å². The van der Waals surface area contributed by atoms with Crippen LogP contribution in [0.5, 0.6) is 0 Å². The first kappa shape index (κ1) is 14.4. The van der Waals surface area contributed by atoms with Crippen LogP contribution in [0.25, 0.3) is 0 Å². The summed E-state index contributed by atoms with van der Waals surface area (Å²) in [6.07, 6.45) is 1.92. The quantitative estimate of drug-likeness (QED) is 0.890. The molecule has 0 saturated carbocycles. The van der Waals surface area contributed by atoms with Crippen LogP contribution in [-0.4, -0.2) is 46.1 Å². The lowest BCUT2D eigenvalue weighted by atomic mass is 10.1. The van der Waals surface area contributed by atoms with Crippen LogP contribution in [0, 0.1) is 5.92 Å². The van der Waals surface area contributed by atoms with Gasteiger partial charge in [0.05, 0.1) is 5.69 Å². The lowest BCUT2D eigenvalue weighted by Gasteiger charge is -2.20. The normalized spacial score (nSPS) is 20.1. The number of carbonyl (C=O) groups excluding carboxylic acids is 1. The van der Waals surface area contributed by atoms with Crippen molar-refractivity contribution in [3.05, 3.63) is 10.6 Å². The first-order valence-corrected chi connectivity index (χ1v) is 7.72. The summed E-state index contributed by atoms with van der Waals surface area (Å²) < 4.78 is 3.85. The van der Waals surface area contributed by atoms with Crippen LogP contribution >= 0.6 is 11.5 Å². The van der Waals surface area contributed by atoms with Crippen molar-refractivity contribution in [2.24, 2.45) is 5.92 Å². The van der Waals surface area contributed by atoms with E-state index in [1.54, 1.807) is 0 Å². The Hall–Kier alpha value is -1.01. The van der Waals surface area contributed by atoms with Gasteiger partial charge in [-0.3, -0.25) is 4.79 Å². The van der Waals surface area contributed by atoms with Crippen molar-refractivity contribution < 1.29 is 4.79 Å². The highest BCUT2D eigenvalue weighted by molar-refractivity contribution is 7.08. The zero-order valence-electron chi connectivity index (χ0n) is 11.8. The molecule has 1 N–H and O–H groups in total. The minimum Gasteiger partial charge on any atom is -0.351 e. The minimum atomic E-state index is -0.0187. The van der Waals surface area contributed by atoms with E-state index in [1.165, 1.54) is 18.0 Å². The molecule has 0 aliphatic carbocycles. The van der Waals surface area contributed by atoms with E-state index >= 15 is 0 Å². The van der Waals surface area contributed by atoms with Crippen molar-refractivity contribution in [2.75, 3.05) is 19.6 Å². The summed E-state index contributed by atoms with van der Waals surface area (Å²) in [6, 6.07) is 0.595. The van der Waals surface area contributed by atoms with Gasteiger partial charge in [-0.1, -0.05) is 11.4 Å². The molecule has 2 heterocycles. The van der Waals surface area contributed by atoms with Crippen molar-refractivity contribution in [1.82, 2.24) is 19.8 Å². The summed E-state index contributed by atoms with van der Waals surface area (Å²) in [7, 11) is 0. The van der Waals surface area contributed by atoms with Crippen LogP contribution in [0.15, 0.2) is 0 Å². The summed E-state index contributed by atoms with van der Waals surface area (Å²) >= 11 is 1.19. The second kappa shape index (κ2) is 6.43. The largest absolute Gasteiger partial charge is 0.351 e. The number of amides is 1. The molecule has 5 nitrogen and oxygen atoms in total. The molecule has 1 saturated heterocycles. The summed E-state index contributed by atoms with van der Waals surface area (Å²) in [6.45, 7) is 9.41. The minimum absolute atomic E-state index is 0.0187. The number of nitrogens with one attached hydrogen (secondary N) is 1. The van der Waals surface area contributed by atoms with Crippen LogP contribution in [0.1, 0.15) is 42.6 Å². The molecule has 1 aliphatic heterocycles. The van der Waals surface area contributed by atoms with Crippen molar-refractivity contribution >= 4 is 17.4 Å². The number of hydrogen-bond acceptors (Lipinski definition) is 5. The van der Waals surface area contributed by atoms with E-state index in [0.717, 1.165) is 31.7 Å². The third kappa shape index (κ3) is 3.51. The number of carbonyl (C=O) groups is 1. The molecule has 106 valence electrons. The van der Waals surface area contributed by atoms with Crippen LogP contribution < -0.4 is 5.32 Å². The molecule has 1 fully saturated rings. The Bertz CT molecular complexity index is 432. The van der Waals surface area contributed by atoms with Crippen molar-refractivity contribution in [2.45, 2.75) is 39.7 Å². The standard InChI is InChI=1S/C13H22N4OS/c1-4-11-12(19-16-15-11)13(18)14-7-10-5-6-17(8-10)9(2)3/h9-10H,4-8H2,1-3H3,(H,14,18)/t10-/m0/s1. The number of nitrogens with zero attached hydrogens (tertiary/aromatic N) is 3. The average molecular weight is 282 g/mol. The van der Waals surface area contributed by atoms with E-state index in [4.69, 9.17) is 0 Å². The van der Waals surface area contributed by atoms with Gasteiger partial charge in [-0.25, -0.2) is 0 Å². The van der Waals surface area contributed by atoms with E-state index in [1.807, 2.05) is 6.92 Å². The SMILES string of the molecule is CCc1nnsc1C(=O)NC[C@@H]1CCN(C(C)C)C1. The fourth-order valence-corrected chi connectivity index (χ4v) is 3.09. The van der Waals surface area contributed by atoms with Crippen molar-refractivity contribution in [3.8, 4) is 0 Å². The van der Waals surface area contributed by atoms with Gasteiger partial charge in [-0.05, 0) is 50.7 Å². The molecular weight excluding hydrogens is 260 g/mol. The number of aryl methyl sites for hydroxylation is 1. The molecule has 1 aromatic heterocycles. The maximum Gasteiger partial charge on any atom is 0.264 e. The number of rotatable bonds is 5. The van der Waals surface area contributed by atoms with Gasteiger partial charge in [0, 0.05) is 19.1 Å². The molecule has 0 spiro atoms. The topological polar surface area (TPSA) is 58.1 Å². The fraction of sp³-hybridized carbons (Fsp3) is 0.769. The van der Waals surface area contributed by atoms with E-state index in [2.05, 4.69) is 33.7 Å². The van der Waals surface area contributed by atoms with Crippen LogP contribution in [0.3, 0.4) is 0 Å². The average Bonchev–Trinajstić information content (AvgIpc) is 3.04. The molecule has 0 aromatic carbocycles. The Kier molecular flexibility index (Phi) is 4.87. The van der Waals surface area contributed by atoms with Crippen LogP contribution in [0.4, 0.5) is 0 Å². The Morgan fingerprint density at radius 1 is 1.58 bits per heavy atom. The van der Waals surface area contributed by atoms with E-state index in [-0.39, 0.29) is 5.91 Å². The Balaban J connectivity index is 1.82. The molecule has 1 aromatic rings. The second-order valence-corrected chi connectivity index (χ2v) is 6.11. The van der Waals surface area contributed by atoms with Gasteiger partial charge in [-0.15, -0.1) is 5.10 Å². The highest BCUT2D eigenvalue weighted by Crippen LogP contribution is 2.18. The molecular formula is C13H22N4OS. The third-order valence-corrected chi connectivity index (χ3v) is 4.46.